The molecule has 2 aliphatic rings. The van der Waals surface area contributed by atoms with Crippen molar-refractivity contribution in [1.82, 2.24) is 5.01 Å². The summed E-state index contributed by atoms with van der Waals surface area (Å²) >= 11 is 6.14. The third-order valence-corrected chi connectivity index (χ3v) is 6.93. The number of rotatable bonds is 5. The maximum Gasteiger partial charge on any atom is 0.342 e. The summed E-state index contributed by atoms with van der Waals surface area (Å²) in [6.45, 7) is 0. The minimum Gasteiger partial charge on any atom is -0.497 e. The van der Waals surface area contributed by atoms with Crippen LogP contribution in [0.3, 0.4) is 0 Å². The summed E-state index contributed by atoms with van der Waals surface area (Å²) in [6.07, 6.45) is 5.08. The van der Waals surface area contributed by atoms with E-state index in [9.17, 15) is 4.79 Å². The Morgan fingerprint density at radius 2 is 1.72 bits per heavy atom. The molecule has 1 fully saturated rings. The number of hydrogen-bond donors (Lipinski definition) is 1. The molecule has 0 radical (unpaired) electrons. The molecule has 1 heterocycles. The number of methoxy groups -OCH3 is 2. The first kappa shape index (κ1) is 23.9. The Kier molecular flexibility index (Phi) is 6.96. The van der Waals surface area contributed by atoms with E-state index in [0.717, 1.165) is 53.2 Å². The molecule has 0 saturated heterocycles. The maximum atomic E-state index is 13.5. The summed E-state index contributed by atoms with van der Waals surface area (Å²) in [5.74, 6) is 1.69. The van der Waals surface area contributed by atoms with E-state index in [2.05, 4.69) is 11.4 Å². The Balaban J connectivity index is 1.51. The smallest absolute Gasteiger partial charge is 0.342 e. The van der Waals surface area contributed by atoms with Crippen LogP contribution in [-0.4, -0.2) is 31.0 Å². The highest BCUT2D eigenvalue weighted by atomic mass is 35.5. The molecule has 1 saturated carbocycles. The van der Waals surface area contributed by atoms with Crippen molar-refractivity contribution < 1.29 is 14.3 Å². The van der Waals surface area contributed by atoms with Crippen LogP contribution >= 0.6 is 11.6 Å². The largest absolute Gasteiger partial charge is 0.497 e. The lowest BCUT2D eigenvalue weighted by Gasteiger charge is -2.29. The number of urea groups is 1. The van der Waals surface area contributed by atoms with E-state index >= 15 is 0 Å². The van der Waals surface area contributed by atoms with Crippen LogP contribution in [-0.2, 0) is 0 Å². The molecule has 5 rings (SSSR count). The minimum atomic E-state index is -0.288. The van der Waals surface area contributed by atoms with Crippen molar-refractivity contribution in [2.75, 3.05) is 19.5 Å². The van der Waals surface area contributed by atoms with Crippen LogP contribution in [0, 0.1) is 5.92 Å². The van der Waals surface area contributed by atoms with Crippen molar-refractivity contribution in [2.45, 2.75) is 25.3 Å². The molecule has 0 aromatic heterocycles. The van der Waals surface area contributed by atoms with Gasteiger partial charge in [0.15, 0.2) is 0 Å². The zero-order chi connectivity index (χ0) is 25.1. The van der Waals surface area contributed by atoms with Crippen LogP contribution in [0.15, 0.2) is 83.5 Å². The standard InChI is InChI=1S/C29H28ClN3O3/c1-35-24-13-9-19(10-14-24)17-21-5-3-8-26-27(21)32-33(28(26)20-11-15-25(36-2)16-12-20)29(34)31-23-7-4-6-22(30)18-23/h4,6-7,9-18,26,28H,3,5,8H2,1-2H3,(H,31,34)/b21-17-. The molecular weight excluding hydrogens is 474 g/mol. The molecule has 0 bridgehead atoms. The van der Waals surface area contributed by atoms with Gasteiger partial charge in [-0.05, 0) is 84.5 Å². The number of carbonyl (C=O) groups is 1. The van der Waals surface area contributed by atoms with E-state index in [1.807, 2.05) is 60.7 Å². The average Bonchev–Trinajstić information content (AvgIpc) is 3.30. The first-order chi connectivity index (χ1) is 17.6. The van der Waals surface area contributed by atoms with Gasteiger partial charge in [0.25, 0.3) is 0 Å². The van der Waals surface area contributed by atoms with Crippen LogP contribution in [0.1, 0.15) is 36.4 Å². The molecule has 2 unspecified atom stereocenters. The first-order valence-electron chi connectivity index (χ1n) is 12.0. The second kappa shape index (κ2) is 10.5. The topological polar surface area (TPSA) is 63.2 Å². The lowest BCUT2D eigenvalue weighted by molar-refractivity contribution is 0.188. The van der Waals surface area contributed by atoms with Crippen LogP contribution < -0.4 is 14.8 Å². The number of carbonyl (C=O) groups excluding carboxylic acids is 1. The van der Waals surface area contributed by atoms with Crippen LogP contribution in [0.5, 0.6) is 11.5 Å². The molecule has 1 N–H and O–H groups in total. The Morgan fingerprint density at radius 3 is 2.39 bits per heavy atom. The minimum absolute atomic E-state index is 0.0988. The number of ether oxygens (including phenoxy) is 2. The molecule has 184 valence electrons. The summed E-state index contributed by atoms with van der Waals surface area (Å²) in [5.41, 5.74) is 4.86. The van der Waals surface area contributed by atoms with E-state index in [-0.39, 0.29) is 18.0 Å². The highest BCUT2D eigenvalue weighted by Gasteiger charge is 2.43. The number of fused-ring (bicyclic) bond motifs is 1. The quantitative estimate of drug-likeness (QED) is 0.402. The van der Waals surface area contributed by atoms with E-state index in [4.69, 9.17) is 26.2 Å². The predicted octanol–water partition coefficient (Wildman–Crippen LogP) is 7.19. The van der Waals surface area contributed by atoms with Gasteiger partial charge in [-0.1, -0.05) is 41.9 Å². The molecule has 2 atom stereocenters. The Hall–Kier alpha value is -3.77. The highest BCUT2D eigenvalue weighted by molar-refractivity contribution is 6.30. The van der Waals surface area contributed by atoms with Gasteiger partial charge >= 0.3 is 6.03 Å². The molecule has 0 spiro atoms. The number of nitrogens with zero attached hydrogens (tertiary/aromatic N) is 2. The molecule has 36 heavy (non-hydrogen) atoms. The summed E-state index contributed by atoms with van der Waals surface area (Å²) < 4.78 is 10.6. The van der Waals surface area contributed by atoms with E-state index in [1.54, 1.807) is 31.4 Å². The fourth-order valence-corrected chi connectivity index (χ4v) is 5.14. The van der Waals surface area contributed by atoms with E-state index in [0.29, 0.717) is 10.7 Å². The Bertz CT molecular complexity index is 1300. The molecule has 3 aromatic rings. The molecule has 3 aromatic carbocycles. The number of halogens is 1. The Labute approximate surface area is 216 Å². The van der Waals surface area contributed by atoms with Gasteiger partial charge in [0.05, 0.1) is 26.0 Å². The fraction of sp³-hybridized carbons (Fsp3) is 0.241. The van der Waals surface area contributed by atoms with Crippen molar-refractivity contribution in [1.29, 1.82) is 0 Å². The van der Waals surface area contributed by atoms with Crippen molar-refractivity contribution in [3.8, 4) is 11.5 Å². The number of allylic oxidation sites excluding steroid dienone is 1. The molecule has 1 aliphatic heterocycles. The normalized spacial score (nSPS) is 20.0. The van der Waals surface area contributed by atoms with Crippen molar-refractivity contribution in [2.24, 2.45) is 11.0 Å². The molecule has 1 aliphatic carbocycles. The Morgan fingerprint density at radius 1 is 1.03 bits per heavy atom. The number of benzene rings is 3. The van der Waals surface area contributed by atoms with E-state index in [1.165, 1.54) is 0 Å². The van der Waals surface area contributed by atoms with Crippen LogP contribution in [0.25, 0.3) is 6.08 Å². The maximum absolute atomic E-state index is 13.5. The number of hydrazone groups is 1. The fourth-order valence-electron chi connectivity index (χ4n) is 4.95. The molecule has 6 nitrogen and oxygen atoms in total. The third kappa shape index (κ3) is 4.95. The van der Waals surface area contributed by atoms with Crippen molar-refractivity contribution >= 4 is 35.1 Å². The molecular formula is C29H28ClN3O3. The molecule has 2 amide bonds. The predicted molar refractivity (Wildman–Crippen MR) is 144 cm³/mol. The zero-order valence-electron chi connectivity index (χ0n) is 20.3. The number of amides is 2. The van der Waals surface area contributed by atoms with Gasteiger partial charge in [-0.3, -0.25) is 0 Å². The van der Waals surface area contributed by atoms with Gasteiger partial charge in [-0.15, -0.1) is 0 Å². The summed E-state index contributed by atoms with van der Waals surface area (Å²) in [6, 6.07) is 22.5. The van der Waals surface area contributed by atoms with E-state index < -0.39 is 0 Å². The van der Waals surface area contributed by atoms with Gasteiger partial charge in [-0.2, -0.15) is 5.10 Å². The lowest BCUT2D eigenvalue weighted by Crippen LogP contribution is -2.34. The van der Waals surface area contributed by atoms with Crippen LogP contribution in [0.2, 0.25) is 5.02 Å². The number of nitrogens with one attached hydrogen (secondary N) is 1. The SMILES string of the molecule is COc1ccc(/C=C2/CCCC3C2=NN(C(=O)Nc2cccc(Cl)c2)C3c2ccc(OC)cc2)cc1. The zero-order valence-corrected chi connectivity index (χ0v) is 21.0. The monoisotopic (exact) mass is 501 g/mol. The molecule has 7 heteroatoms. The third-order valence-electron chi connectivity index (χ3n) is 6.70. The summed E-state index contributed by atoms with van der Waals surface area (Å²) in [4.78, 5) is 13.5. The highest BCUT2D eigenvalue weighted by Crippen LogP contribution is 2.45. The number of hydrogen-bond acceptors (Lipinski definition) is 4. The number of anilines is 1. The van der Waals surface area contributed by atoms with Crippen molar-refractivity contribution in [3.05, 3.63) is 94.5 Å². The first-order valence-corrected chi connectivity index (χ1v) is 12.4. The van der Waals surface area contributed by atoms with Gasteiger partial charge in [0, 0.05) is 16.6 Å². The van der Waals surface area contributed by atoms with Gasteiger partial charge < -0.3 is 14.8 Å². The second-order valence-corrected chi connectivity index (χ2v) is 9.37. The van der Waals surface area contributed by atoms with Crippen molar-refractivity contribution in [3.63, 3.8) is 0 Å². The summed E-state index contributed by atoms with van der Waals surface area (Å²) in [5, 5.41) is 10.0. The van der Waals surface area contributed by atoms with Gasteiger partial charge in [0.1, 0.15) is 11.5 Å². The van der Waals surface area contributed by atoms with Gasteiger partial charge in [0.2, 0.25) is 0 Å². The van der Waals surface area contributed by atoms with Gasteiger partial charge in [-0.25, -0.2) is 9.80 Å². The average molecular weight is 502 g/mol. The second-order valence-electron chi connectivity index (χ2n) is 8.93. The lowest BCUT2D eigenvalue weighted by atomic mass is 9.77. The summed E-state index contributed by atoms with van der Waals surface area (Å²) in [7, 11) is 3.31. The van der Waals surface area contributed by atoms with Crippen LogP contribution in [0.4, 0.5) is 10.5 Å².